The van der Waals surface area contributed by atoms with E-state index in [1.807, 2.05) is 0 Å². The number of aryl methyl sites for hydroxylation is 1. The average Bonchev–Trinajstić information content (AvgIpc) is 3.01. The van der Waals surface area contributed by atoms with Crippen molar-refractivity contribution in [3.8, 4) is 0 Å². The number of sulfone groups is 1. The molecule has 3 rings (SSSR count). The van der Waals surface area contributed by atoms with Crippen molar-refractivity contribution in [2.75, 3.05) is 26.0 Å². The van der Waals surface area contributed by atoms with Gasteiger partial charge in [-0.3, -0.25) is 4.68 Å². The molecule has 1 aliphatic rings. The summed E-state index contributed by atoms with van der Waals surface area (Å²) < 4.78 is 57.8. The minimum absolute atomic E-state index is 0.0226. The molecule has 1 fully saturated rings. The SMILES string of the molecule is Cn1cc([C@H]2CN(S(=O)(=O)c3cccc(S(C)(=O)=O)c3)CCO2)cn1. The summed E-state index contributed by atoms with van der Waals surface area (Å²) in [5.74, 6) is 0. The number of hydrogen-bond acceptors (Lipinski definition) is 6. The molecule has 10 heteroatoms. The number of aromatic nitrogens is 2. The van der Waals surface area contributed by atoms with Crippen molar-refractivity contribution in [1.29, 1.82) is 0 Å². The van der Waals surface area contributed by atoms with E-state index >= 15 is 0 Å². The molecule has 0 spiro atoms. The first-order valence-electron chi connectivity index (χ1n) is 7.58. The monoisotopic (exact) mass is 385 g/mol. The van der Waals surface area contributed by atoms with Gasteiger partial charge in [0.05, 0.1) is 28.7 Å². The van der Waals surface area contributed by atoms with Gasteiger partial charge in [0.25, 0.3) is 0 Å². The Kier molecular flexibility index (Phi) is 4.71. The fourth-order valence-corrected chi connectivity index (χ4v) is 4.88. The topological polar surface area (TPSA) is 98.6 Å². The molecule has 0 unspecified atom stereocenters. The standard InChI is InChI=1S/C15H19N3O5S2/c1-17-10-12(9-16-17)15-11-18(6-7-23-15)25(21,22)14-5-3-4-13(8-14)24(2,19)20/h3-5,8-10,15H,6-7,11H2,1-2H3/t15-/m1/s1. The third kappa shape index (κ3) is 3.76. The van der Waals surface area contributed by atoms with Gasteiger partial charge in [0.1, 0.15) is 0 Å². The van der Waals surface area contributed by atoms with Crippen molar-refractivity contribution < 1.29 is 21.6 Å². The van der Waals surface area contributed by atoms with Gasteiger partial charge in [0.15, 0.2) is 9.84 Å². The largest absolute Gasteiger partial charge is 0.371 e. The maximum absolute atomic E-state index is 12.9. The summed E-state index contributed by atoms with van der Waals surface area (Å²) in [4.78, 5) is -0.0621. The Labute approximate surface area is 147 Å². The Bertz CT molecular complexity index is 982. The zero-order chi connectivity index (χ0) is 18.2. The molecule has 8 nitrogen and oxygen atoms in total. The number of benzene rings is 1. The minimum Gasteiger partial charge on any atom is -0.371 e. The lowest BCUT2D eigenvalue weighted by atomic mass is 10.2. The molecule has 1 atom stereocenters. The lowest BCUT2D eigenvalue weighted by molar-refractivity contribution is -0.00259. The molecule has 2 heterocycles. The van der Waals surface area contributed by atoms with Crippen molar-refractivity contribution in [3.05, 3.63) is 42.2 Å². The van der Waals surface area contributed by atoms with Crippen LogP contribution in [0.3, 0.4) is 0 Å². The summed E-state index contributed by atoms with van der Waals surface area (Å²) in [6.45, 7) is 0.615. The zero-order valence-corrected chi connectivity index (χ0v) is 15.5. The highest BCUT2D eigenvalue weighted by Crippen LogP contribution is 2.27. The van der Waals surface area contributed by atoms with E-state index in [0.29, 0.717) is 0 Å². The first-order chi connectivity index (χ1) is 11.7. The van der Waals surface area contributed by atoms with E-state index in [2.05, 4.69) is 5.10 Å². The van der Waals surface area contributed by atoms with Gasteiger partial charge in [0, 0.05) is 38.2 Å². The summed E-state index contributed by atoms with van der Waals surface area (Å²) in [6, 6.07) is 5.41. The van der Waals surface area contributed by atoms with Gasteiger partial charge in [-0.25, -0.2) is 16.8 Å². The summed E-state index contributed by atoms with van der Waals surface area (Å²) >= 11 is 0. The van der Waals surface area contributed by atoms with Crippen LogP contribution >= 0.6 is 0 Å². The molecular weight excluding hydrogens is 366 g/mol. The van der Waals surface area contributed by atoms with E-state index in [0.717, 1.165) is 11.8 Å². The van der Waals surface area contributed by atoms with Crippen molar-refractivity contribution in [3.63, 3.8) is 0 Å². The molecule has 25 heavy (non-hydrogen) atoms. The molecule has 0 N–H and O–H groups in total. The first-order valence-corrected chi connectivity index (χ1v) is 10.9. The van der Waals surface area contributed by atoms with Crippen LogP contribution in [-0.2, 0) is 31.6 Å². The third-order valence-electron chi connectivity index (χ3n) is 4.00. The zero-order valence-electron chi connectivity index (χ0n) is 13.9. The normalized spacial score (nSPS) is 19.8. The molecule has 1 aliphatic heterocycles. The van der Waals surface area contributed by atoms with E-state index in [1.54, 1.807) is 24.1 Å². The molecule has 0 saturated carbocycles. The number of rotatable bonds is 4. The van der Waals surface area contributed by atoms with E-state index in [9.17, 15) is 16.8 Å². The van der Waals surface area contributed by atoms with Crippen LogP contribution in [0.5, 0.6) is 0 Å². The van der Waals surface area contributed by atoms with Crippen LogP contribution in [-0.4, -0.2) is 56.9 Å². The van der Waals surface area contributed by atoms with Gasteiger partial charge >= 0.3 is 0 Å². The molecule has 136 valence electrons. The highest BCUT2D eigenvalue weighted by molar-refractivity contribution is 7.91. The van der Waals surface area contributed by atoms with Crippen LogP contribution in [0.25, 0.3) is 0 Å². The molecule has 0 bridgehead atoms. The highest BCUT2D eigenvalue weighted by Gasteiger charge is 2.32. The molecule has 1 saturated heterocycles. The second-order valence-electron chi connectivity index (χ2n) is 5.92. The van der Waals surface area contributed by atoms with E-state index in [-0.39, 0.29) is 29.5 Å². The maximum atomic E-state index is 12.9. The summed E-state index contributed by atoms with van der Waals surface area (Å²) in [7, 11) is -5.53. The van der Waals surface area contributed by atoms with Crippen LogP contribution in [0.2, 0.25) is 0 Å². The Balaban J connectivity index is 1.89. The minimum atomic E-state index is -3.82. The number of nitrogens with zero attached hydrogens (tertiary/aromatic N) is 3. The van der Waals surface area contributed by atoms with Crippen LogP contribution in [0.4, 0.5) is 0 Å². The molecular formula is C15H19N3O5S2. The second-order valence-corrected chi connectivity index (χ2v) is 9.87. The predicted molar refractivity (Wildman–Crippen MR) is 90.2 cm³/mol. The fourth-order valence-electron chi connectivity index (χ4n) is 2.67. The summed E-state index contributed by atoms with van der Waals surface area (Å²) in [6.07, 6.45) is 4.07. The van der Waals surface area contributed by atoms with E-state index in [4.69, 9.17) is 4.74 Å². The smallest absolute Gasteiger partial charge is 0.243 e. The van der Waals surface area contributed by atoms with Crippen LogP contribution in [0.15, 0.2) is 46.5 Å². The molecule has 1 aromatic carbocycles. The maximum Gasteiger partial charge on any atom is 0.243 e. The fraction of sp³-hybridized carbons (Fsp3) is 0.400. The van der Waals surface area contributed by atoms with Gasteiger partial charge in [-0.2, -0.15) is 9.40 Å². The summed E-state index contributed by atoms with van der Waals surface area (Å²) in [5, 5.41) is 4.08. The highest BCUT2D eigenvalue weighted by atomic mass is 32.2. The van der Waals surface area contributed by atoms with E-state index < -0.39 is 26.0 Å². The van der Waals surface area contributed by atoms with Crippen LogP contribution in [0, 0.1) is 0 Å². The van der Waals surface area contributed by atoms with Gasteiger partial charge in [-0.1, -0.05) is 6.07 Å². The predicted octanol–water partition coefficient (Wildman–Crippen LogP) is 0.586. The Morgan fingerprint density at radius 3 is 2.56 bits per heavy atom. The van der Waals surface area contributed by atoms with Gasteiger partial charge in [-0.15, -0.1) is 0 Å². The Morgan fingerprint density at radius 1 is 1.20 bits per heavy atom. The number of ether oxygens (including phenoxy) is 1. The van der Waals surface area contributed by atoms with Crippen molar-refractivity contribution in [2.24, 2.45) is 7.05 Å². The molecule has 0 radical (unpaired) electrons. The quantitative estimate of drug-likeness (QED) is 0.764. The first kappa shape index (κ1) is 18.1. The number of hydrogen-bond donors (Lipinski definition) is 0. The lowest BCUT2D eigenvalue weighted by Crippen LogP contribution is -2.42. The average molecular weight is 385 g/mol. The van der Waals surface area contributed by atoms with Crippen molar-refractivity contribution in [1.82, 2.24) is 14.1 Å². The van der Waals surface area contributed by atoms with Crippen molar-refractivity contribution >= 4 is 19.9 Å². The number of morpholine rings is 1. The Hall–Kier alpha value is -1.75. The molecule has 0 aliphatic carbocycles. The van der Waals surface area contributed by atoms with Gasteiger partial charge in [0.2, 0.25) is 10.0 Å². The van der Waals surface area contributed by atoms with E-state index in [1.165, 1.54) is 28.6 Å². The Morgan fingerprint density at radius 2 is 1.92 bits per heavy atom. The van der Waals surface area contributed by atoms with Gasteiger partial charge in [-0.05, 0) is 18.2 Å². The van der Waals surface area contributed by atoms with Crippen LogP contribution in [0.1, 0.15) is 11.7 Å². The lowest BCUT2D eigenvalue weighted by Gasteiger charge is -2.31. The molecule has 0 amide bonds. The van der Waals surface area contributed by atoms with Crippen LogP contribution < -0.4 is 0 Å². The number of sulfonamides is 1. The van der Waals surface area contributed by atoms with Crippen molar-refractivity contribution in [2.45, 2.75) is 15.9 Å². The third-order valence-corrected chi connectivity index (χ3v) is 6.97. The molecule has 2 aromatic rings. The van der Waals surface area contributed by atoms with Gasteiger partial charge < -0.3 is 4.74 Å². The summed E-state index contributed by atoms with van der Waals surface area (Å²) in [5.41, 5.74) is 0.798. The second kappa shape index (κ2) is 6.52. The molecule has 1 aromatic heterocycles.